The highest BCUT2D eigenvalue weighted by molar-refractivity contribution is 5.56. The van der Waals surface area contributed by atoms with Gasteiger partial charge < -0.3 is 18.9 Å². The maximum atomic E-state index is 5.72. The second-order valence-electron chi connectivity index (χ2n) is 4.49. The van der Waals surface area contributed by atoms with E-state index in [1.165, 1.54) is 0 Å². The maximum Gasteiger partial charge on any atom is 0.203 e. The Morgan fingerprint density at radius 3 is 1.78 bits per heavy atom. The standard InChI is InChI=1S/C14H22O4/c1-9(2)17-11-7-12(15-5)14(16-6)13(8-11)18-10(3)4/h7-10H,1-6H3. The maximum absolute atomic E-state index is 5.72. The lowest BCUT2D eigenvalue weighted by Crippen LogP contribution is -2.09. The summed E-state index contributed by atoms with van der Waals surface area (Å²) in [5, 5.41) is 0. The second-order valence-corrected chi connectivity index (χ2v) is 4.49. The molecule has 0 bridgehead atoms. The highest BCUT2D eigenvalue weighted by atomic mass is 16.5. The fraction of sp³-hybridized carbons (Fsp3) is 0.571. The number of hydrogen-bond acceptors (Lipinski definition) is 4. The van der Waals surface area contributed by atoms with Gasteiger partial charge in [0.1, 0.15) is 5.75 Å². The monoisotopic (exact) mass is 254 g/mol. The molecule has 0 radical (unpaired) electrons. The third kappa shape index (κ3) is 3.72. The van der Waals surface area contributed by atoms with E-state index in [0.717, 1.165) is 0 Å². The van der Waals surface area contributed by atoms with Gasteiger partial charge in [0, 0.05) is 12.1 Å². The van der Waals surface area contributed by atoms with Crippen LogP contribution in [0.4, 0.5) is 0 Å². The molecule has 0 amide bonds. The minimum Gasteiger partial charge on any atom is -0.493 e. The van der Waals surface area contributed by atoms with Gasteiger partial charge in [0.15, 0.2) is 11.5 Å². The molecule has 18 heavy (non-hydrogen) atoms. The summed E-state index contributed by atoms with van der Waals surface area (Å²) in [7, 11) is 3.18. The third-order valence-corrected chi connectivity index (χ3v) is 2.15. The lowest BCUT2D eigenvalue weighted by molar-refractivity contribution is 0.216. The lowest BCUT2D eigenvalue weighted by Gasteiger charge is -2.18. The molecule has 0 aliphatic heterocycles. The smallest absolute Gasteiger partial charge is 0.203 e. The first-order valence-electron chi connectivity index (χ1n) is 6.07. The van der Waals surface area contributed by atoms with Gasteiger partial charge in [-0.05, 0) is 27.7 Å². The zero-order chi connectivity index (χ0) is 13.7. The van der Waals surface area contributed by atoms with Crippen molar-refractivity contribution in [2.24, 2.45) is 0 Å². The average molecular weight is 254 g/mol. The molecular formula is C14H22O4. The minimum atomic E-state index is 0.0536. The van der Waals surface area contributed by atoms with Gasteiger partial charge in [0.25, 0.3) is 0 Å². The molecular weight excluding hydrogens is 232 g/mol. The van der Waals surface area contributed by atoms with Crippen LogP contribution in [-0.4, -0.2) is 26.4 Å². The van der Waals surface area contributed by atoms with E-state index in [4.69, 9.17) is 18.9 Å². The fourth-order valence-electron chi connectivity index (χ4n) is 1.59. The van der Waals surface area contributed by atoms with Crippen LogP contribution in [0.25, 0.3) is 0 Å². The summed E-state index contributed by atoms with van der Waals surface area (Å²) in [6.45, 7) is 7.86. The molecule has 0 fully saturated rings. The topological polar surface area (TPSA) is 36.9 Å². The van der Waals surface area contributed by atoms with Gasteiger partial charge in [-0.1, -0.05) is 0 Å². The van der Waals surface area contributed by atoms with Crippen molar-refractivity contribution in [3.8, 4) is 23.0 Å². The van der Waals surface area contributed by atoms with Crippen molar-refractivity contribution in [3.63, 3.8) is 0 Å². The molecule has 0 saturated carbocycles. The molecule has 1 aromatic rings. The number of ether oxygens (including phenoxy) is 4. The number of rotatable bonds is 6. The summed E-state index contributed by atoms with van der Waals surface area (Å²) in [6.07, 6.45) is 0.146. The second kappa shape index (κ2) is 6.38. The van der Waals surface area contributed by atoms with Crippen molar-refractivity contribution < 1.29 is 18.9 Å². The Morgan fingerprint density at radius 2 is 1.33 bits per heavy atom. The number of hydrogen-bond donors (Lipinski definition) is 0. The Kier molecular flexibility index (Phi) is 5.13. The molecule has 0 aliphatic carbocycles. The quantitative estimate of drug-likeness (QED) is 0.780. The first kappa shape index (κ1) is 14.5. The largest absolute Gasteiger partial charge is 0.493 e. The third-order valence-electron chi connectivity index (χ3n) is 2.15. The molecule has 4 nitrogen and oxygen atoms in total. The van der Waals surface area contributed by atoms with Crippen molar-refractivity contribution in [1.29, 1.82) is 0 Å². The van der Waals surface area contributed by atoms with Gasteiger partial charge >= 0.3 is 0 Å². The molecule has 0 saturated heterocycles. The predicted molar refractivity (Wildman–Crippen MR) is 71.1 cm³/mol. The van der Waals surface area contributed by atoms with Crippen LogP contribution < -0.4 is 18.9 Å². The average Bonchev–Trinajstić information content (AvgIpc) is 2.26. The van der Waals surface area contributed by atoms with E-state index in [9.17, 15) is 0 Å². The summed E-state index contributed by atoms with van der Waals surface area (Å²) < 4.78 is 22.0. The molecule has 102 valence electrons. The molecule has 0 atom stereocenters. The van der Waals surface area contributed by atoms with Crippen molar-refractivity contribution in [2.75, 3.05) is 14.2 Å². The van der Waals surface area contributed by atoms with Gasteiger partial charge in [-0.15, -0.1) is 0 Å². The van der Waals surface area contributed by atoms with Crippen LogP contribution in [0.15, 0.2) is 12.1 Å². The zero-order valence-electron chi connectivity index (χ0n) is 11.9. The van der Waals surface area contributed by atoms with Crippen LogP contribution in [0.1, 0.15) is 27.7 Å². The molecule has 0 heterocycles. The first-order valence-corrected chi connectivity index (χ1v) is 6.07. The Labute approximate surface area is 109 Å². The van der Waals surface area contributed by atoms with Crippen LogP contribution in [0.2, 0.25) is 0 Å². The van der Waals surface area contributed by atoms with Gasteiger partial charge in [-0.2, -0.15) is 0 Å². The summed E-state index contributed by atoms with van der Waals surface area (Å²) >= 11 is 0. The Balaban J connectivity index is 3.17. The Bertz CT molecular complexity index is 386. The van der Waals surface area contributed by atoms with E-state index >= 15 is 0 Å². The van der Waals surface area contributed by atoms with Crippen LogP contribution in [0.3, 0.4) is 0 Å². The van der Waals surface area contributed by atoms with Gasteiger partial charge in [0.05, 0.1) is 26.4 Å². The van der Waals surface area contributed by atoms with Gasteiger partial charge in [-0.3, -0.25) is 0 Å². The molecule has 1 rings (SSSR count). The molecule has 0 N–H and O–H groups in total. The van der Waals surface area contributed by atoms with Crippen molar-refractivity contribution in [1.82, 2.24) is 0 Å². The summed E-state index contributed by atoms with van der Waals surface area (Å²) in [5.41, 5.74) is 0. The van der Waals surface area contributed by atoms with E-state index in [1.54, 1.807) is 20.3 Å². The minimum absolute atomic E-state index is 0.0536. The highest BCUT2D eigenvalue weighted by Gasteiger charge is 2.16. The van der Waals surface area contributed by atoms with Crippen LogP contribution in [-0.2, 0) is 0 Å². The Hall–Kier alpha value is -1.58. The molecule has 1 aromatic carbocycles. The number of methoxy groups -OCH3 is 2. The lowest BCUT2D eigenvalue weighted by atomic mass is 10.2. The summed E-state index contributed by atoms with van der Waals surface area (Å²) in [4.78, 5) is 0. The fourth-order valence-corrected chi connectivity index (χ4v) is 1.59. The van der Waals surface area contributed by atoms with Crippen molar-refractivity contribution >= 4 is 0 Å². The normalized spacial score (nSPS) is 10.7. The molecule has 4 heteroatoms. The highest BCUT2D eigenvalue weighted by Crippen LogP contribution is 2.41. The van der Waals surface area contributed by atoms with E-state index in [1.807, 2.05) is 33.8 Å². The summed E-state index contributed by atoms with van der Waals surface area (Å²) in [5.74, 6) is 2.52. The van der Waals surface area contributed by atoms with E-state index in [2.05, 4.69) is 0 Å². The van der Waals surface area contributed by atoms with Crippen molar-refractivity contribution in [3.05, 3.63) is 12.1 Å². The van der Waals surface area contributed by atoms with Crippen molar-refractivity contribution in [2.45, 2.75) is 39.9 Å². The van der Waals surface area contributed by atoms with E-state index < -0.39 is 0 Å². The van der Waals surface area contributed by atoms with E-state index in [-0.39, 0.29) is 12.2 Å². The van der Waals surface area contributed by atoms with Crippen LogP contribution >= 0.6 is 0 Å². The number of benzene rings is 1. The van der Waals surface area contributed by atoms with Gasteiger partial charge in [-0.25, -0.2) is 0 Å². The first-order chi connectivity index (χ1) is 8.47. The summed E-state index contributed by atoms with van der Waals surface area (Å²) in [6, 6.07) is 3.62. The van der Waals surface area contributed by atoms with Crippen LogP contribution in [0.5, 0.6) is 23.0 Å². The molecule has 0 spiro atoms. The zero-order valence-corrected chi connectivity index (χ0v) is 11.9. The SMILES string of the molecule is COc1cc(OC(C)C)cc(OC(C)C)c1OC. The predicted octanol–water partition coefficient (Wildman–Crippen LogP) is 3.28. The van der Waals surface area contributed by atoms with Crippen LogP contribution in [0, 0.1) is 0 Å². The van der Waals surface area contributed by atoms with Gasteiger partial charge in [0.2, 0.25) is 5.75 Å². The Morgan fingerprint density at radius 1 is 0.778 bits per heavy atom. The molecule has 0 unspecified atom stereocenters. The molecule has 0 aliphatic rings. The molecule has 0 aromatic heterocycles. The van der Waals surface area contributed by atoms with E-state index in [0.29, 0.717) is 23.0 Å².